The monoisotopic (exact) mass is 292 g/mol. The first-order valence-electron chi connectivity index (χ1n) is 7.88. The summed E-state index contributed by atoms with van der Waals surface area (Å²) in [5.41, 5.74) is 4.38. The number of piperidine rings is 1. The fourth-order valence-corrected chi connectivity index (χ4v) is 2.66. The molecule has 1 N–H and O–H groups in total. The molecule has 1 fully saturated rings. The largest absolute Gasteiger partial charge is 0.337 e. The van der Waals surface area contributed by atoms with E-state index in [1.807, 2.05) is 36.4 Å². The van der Waals surface area contributed by atoms with Gasteiger partial charge in [0.25, 0.3) is 0 Å². The lowest BCUT2D eigenvalue weighted by Crippen LogP contribution is -3.10. The van der Waals surface area contributed by atoms with Crippen LogP contribution in [0, 0.1) is 0 Å². The van der Waals surface area contributed by atoms with Crippen molar-refractivity contribution in [2.75, 3.05) is 20.1 Å². The van der Waals surface area contributed by atoms with Gasteiger partial charge in [-0.1, -0.05) is 60.7 Å². The lowest BCUT2D eigenvalue weighted by atomic mass is 10.0. The Morgan fingerprint density at radius 2 is 1.32 bits per heavy atom. The lowest BCUT2D eigenvalue weighted by Gasteiger charge is -2.19. The van der Waals surface area contributed by atoms with Gasteiger partial charge in [-0.3, -0.25) is 0 Å². The summed E-state index contributed by atoms with van der Waals surface area (Å²) in [5, 5.41) is 9.17. The SMILES string of the molecule is C[NH+]1CCC(=NN=C(c2ccccc2)c2ccccc2)CC1. The van der Waals surface area contributed by atoms with Crippen molar-refractivity contribution in [1.82, 2.24) is 0 Å². The standard InChI is InChI=1S/C19H21N3/c1-22-14-12-18(13-15-22)20-21-19(16-8-4-2-5-9-16)17-10-6-3-7-11-17/h2-11H,12-15H2,1H3/p+1. The van der Waals surface area contributed by atoms with Gasteiger partial charge in [0.05, 0.1) is 25.8 Å². The van der Waals surface area contributed by atoms with Crippen LogP contribution in [0.25, 0.3) is 0 Å². The van der Waals surface area contributed by atoms with E-state index in [2.05, 4.69) is 41.5 Å². The Kier molecular flexibility index (Phi) is 4.76. The van der Waals surface area contributed by atoms with Crippen LogP contribution < -0.4 is 4.90 Å². The predicted octanol–water partition coefficient (Wildman–Crippen LogP) is 2.19. The van der Waals surface area contributed by atoms with Crippen LogP contribution >= 0.6 is 0 Å². The first-order chi connectivity index (χ1) is 10.8. The van der Waals surface area contributed by atoms with E-state index in [9.17, 15) is 0 Å². The Morgan fingerprint density at radius 3 is 1.82 bits per heavy atom. The summed E-state index contributed by atoms with van der Waals surface area (Å²) in [7, 11) is 2.24. The summed E-state index contributed by atoms with van der Waals surface area (Å²) in [6.45, 7) is 2.31. The average Bonchev–Trinajstić information content (AvgIpc) is 2.59. The number of quaternary nitrogens is 1. The third-order valence-corrected chi connectivity index (χ3v) is 4.07. The van der Waals surface area contributed by atoms with E-state index >= 15 is 0 Å². The summed E-state index contributed by atoms with van der Waals surface area (Å²) in [6, 6.07) is 20.6. The van der Waals surface area contributed by atoms with Crippen molar-refractivity contribution in [1.29, 1.82) is 0 Å². The molecule has 0 saturated carbocycles. The van der Waals surface area contributed by atoms with Gasteiger partial charge >= 0.3 is 0 Å². The molecule has 1 aliphatic heterocycles. The highest BCUT2D eigenvalue weighted by molar-refractivity contribution is 6.13. The second-order valence-electron chi connectivity index (χ2n) is 5.80. The van der Waals surface area contributed by atoms with Crippen molar-refractivity contribution >= 4 is 11.4 Å². The van der Waals surface area contributed by atoms with Gasteiger partial charge in [0.15, 0.2) is 0 Å². The molecular formula is C19H22N3+. The zero-order valence-corrected chi connectivity index (χ0v) is 13.0. The first kappa shape index (κ1) is 14.7. The molecule has 0 atom stereocenters. The van der Waals surface area contributed by atoms with Gasteiger partial charge in [0.2, 0.25) is 0 Å². The zero-order valence-electron chi connectivity index (χ0n) is 13.0. The van der Waals surface area contributed by atoms with Crippen LogP contribution in [0.4, 0.5) is 0 Å². The molecule has 0 aliphatic carbocycles. The number of benzene rings is 2. The Balaban J connectivity index is 1.92. The normalized spacial score (nSPS) is 17.9. The number of nitrogens with zero attached hydrogens (tertiary/aromatic N) is 2. The second kappa shape index (κ2) is 7.14. The molecule has 2 aromatic carbocycles. The molecule has 0 spiro atoms. The fraction of sp³-hybridized carbons (Fsp3) is 0.263. The molecule has 0 amide bonds. The molecule has 1 aliphatic rings. The maximum atomic E-state index is 4.61. The highest BCUT2D eigenvalue weighted by Crippen LogP contribution is 2.11. The van der Waals surface area contributed by atoms with Crippen molar-refractivity contribution in [3.05, 3.63) is 71.8 Å². The van der Waals surface area contributed by atoms with Crippen LogP contribution in [0.3, 0.4) is 0 Å². The molecule has 0 radical (unpaired) electrons. The number of likely N-dealkylation sites (tertiary alicyclic amines) is 1. The van der Waals surface area contributed by atoms with Crippen LogP contribution in [-0.2, 0) is 0 Å². The van der Waals surface area contributed by atoms with Crippen LogP contribution in [0.2, 0.25) is 0 Å². The predicted molar refractivity (Wildman–Crippen MR) is 91.8 cm³/mol. The minimum atomic E-state index is 0.944. The van der Waals surface area contributed by atoms with Crippen molar-refractivity contribution < 1.29 is 4.90 Å². The van der Waals surface area contributed by atoms with E-state index in [1.165, 1.54) is 5.71 Å². The van der Waals surface area contributed by atoms with Gasteiger partial charge in [-0.15, -0.1) is 5.10 Å². The van der Waals surface area contributed by atoms with Gasteiger partial charge < -0.3 is 4.90 Å². The number of hydrogen-bond acceptors (Lipinski definition) is 2. The Morgan fingerprint density at radius 1 is 0.818 bits per heavy atom. The molecule has 1 heterocycles. The molecule has 3 nitrogen and oxygen atoms in total. The first-order valence-corrected chi connectivity index (χ1v) is 7.88. The van der Waals surface area contributed by atoms with Crippen LogP contribution in [0.15, 0.2) is 70.9 Å². The molecule has 112 valence electrons. The fourth-order valence-electron chi connectivity index (χ4n) is 2.66. The molecule has 0 bridgehead atoms. The molecule has 3 rings (SSSR count). The van der Waals surface area contributed by atoms with Crippen molar-refractivity contribution in [3.63, 3.8) is 0 Å². The highest BCUT2D eigenvalue weighted by Gasteiger charge is 2.14. The summed E-state index contributed by atoms with van der Waals surface area (Å²) >= 11 is 0. The van der Waals surface area contributed by atoms with Crippen molar-refractivity contribution in [2.24, 2.45) is 10.2 Å². The van der Waals surface area contributed by atoms with Gasteiger partial charge in [0, 0.05) is 24.0 Å². The number of nitrogens with one attached hydrogen (secondary N) is 1. The third-order valence-electron chi connectivity index (χ3n) is 4.07. The van der Waals surface area contributed by atoms with E-state index in [0.29, 0.717) is 0 Å². The van der Waals surface area contributed by atoms with E-state index in [0.717, 1.165) is 42.8 Å². The van der Waals surface area contributed by atoms with Crippen molar-refractivity contribution in [2.45, 2.75) is 12.8 Å². The molecule has 22 heavy (non-hydrogen) atoms. The summed E-state index contributed by atoms with van der Waals surface area (Å²) in [5.74, 6) is 0. The molecule has 3 heteroatoms. The molecule has 1 saturated heterocycles. The van der Waals surface area contributed by atoms with E-state index in [1.54, 1.807) is 4.90 Å². The van der Waals surface area contributed by atoms with Crippen LogP contribution in [-0.4, -0.2) is 31.6 Å². The van der Waals surface area contributed by atoms with E-state index in [-0.39, 0.29) is 0 Å². The van der Waals surface area contributed by atoms with Gasteiger partial charge in [-0.05, 0) is 0 Å². The maximum Gasteiger partial charge on any atom is 0.100 e. The highest BCUT2D eigenvalue weighted by atomic mass is 15.2. The molecule has 2 aromatic rings. The minimum Gasteiger partial charge on any atom is -0.337 e. The van der Waals surface area contributed by atoms with Crippen molar-refractivity contribution in [3.8, 4) is 0 Å². The Labute approximate surface area is 132 Å². The van der Waals surface area contributed by atoms with Gasteiger partial charge in [-0.2, -0.15) is 5.10 Å². The quantitative estimate of drug-likeness (QED) is 0.664. The summed E-state index contributed by atoms with van der Waals surface area (Å²) in [4.78, 5) is 1.58. The van der Waals surface area contributed by atoms with E-state index < -0.39 is 0 Å². The third kappa shape index (κ3) is 3.68. The number of rotatable bonds is 3. The van der Waals surface area contributed by atoms with E-state index in [4.69, 9.17) is 0 Å². The maximum absolute atomic E-state index is 4.61. The van der Waals surface area contributed by atoms with Crippen LogP contribution in [0.1, 0.15) is 24.0 Å². The second-order valence-corrected chi connectivity index (χ2v) is 5.80. The Hall–Kier alpha value is -2.26. The Bertz CT molecular complexity index is 608. The van der Waals surface area contributed by atoms with Gasteiger partial charge in [0.1, 0.15) is 5.71 Å². The van der Waals surface area contributed by atoms with Gasteiger partial charge in [-0.25, -0.2) is 0 Å². The molecule has 0 unspecified atom stereocenters. The minimum absolute atomic E-state index is 0.944. The zero-order chi connectivity index (χ0) is 15.2. The molecular weight excluding hydrogens is 270 g/mol. The average molecular weight is 292 g/mol. The summed E-state index contributed by atoms with van der Waals surface area (Å²) in [6.07, 6.45) is 2.10. The topological polar surface area (TPSA) is 29.2 Å². The number of hydrogen-bond donors (Lipinski definition) is 1. The smallest absolute Gasteiger partial charge is 0.100 e. The lowest BCUT2D eigenvalue weighted by molar-refractivity contribution is -0.880. The summed E-state index contributed by atoms with van der Waals surface area (Å²) < 4.78 is 0. The molecule has 0 aromatic heterocycles. The van der Waals surface area contributed by atoms with Crippen LogP contribution in [0.5, 0.6) is 0 Å².